The van der Waals surface area contributed by atoms with Crippen LogP contribution in [0.15, 0.2) is 0 Å². The van der Waals surface area contributed by atoms with E-state index < -0.39 is 0 Å². The lowest BCUT2D eigenvalue weighted by Crippen LogP contribution is -2.22. The summed E-state index contributed by atoms with van der Waals surface area (Å²) in [5.41, 5.74) is 0. The first-order valence-electron chi connectivity index (χ1n) is 6.31. The summed E-state index contributed by atoms with van der Waals surface area (Å²) in [4.78, 5) is 12.0. The largest absolute Gasteiger partial charge is 0.346 e. The monoisotopic (exact) mass is 215 g/mol. The van der Waals surface area contributed by atoms with Gasteiger partial charge in [0.05, 0.1) is 0 Å². The average molecular weight is 215 g/mol. The summed E-state index contributed by atoms with van der Waals surface area (Å²) in [5, 5.41) is 0. The Balaban J connectivity index is 0. The minimum Gasteiger partial charge on any atom is -0.346 e. The van der Waals surface area contributed by atoms with Crippen LogP contribution in [0, 0.1) is 0 Å². The van der Waals surface area contributed by atoms with E-state index in [1.54, 1.807) is 18.9 Å². The molecule has 0 N–H and O–H groups in total. The molecule has 2 nitrogen and oxygen atoms in total. The third-order valence-corrected chi connectivity index (χ3v) is 2.47. The van der Waals surface area contributed by atoms with E-state index in [9.17, 15) is 4.79 Å². The topological polar surface area (TPSA) is 20.3 Å². The molecular formula is C13H29NO. The van der Waals surface area contributed by atoms with Crippen molar-refractivity contribution in [3.63, 3.8) is 0 Å². The molecule has 0 aromatic heterocycles. The van der Waals surface area contributed by atoms with Gasteiger partial charge in [-0.05, 0) is 6.92 Å². The number of rotatable bonds is 6. The maximum absolute atomic E-state index is 10.3. The van der Waals surface area contributed by atoms with Crippen molar-refractivity contribution >= 4 is 5.91 Å². The molecule has 0 aromatic carbocycles. The highest BCUT2D eigenvalue weighted by atomic mass is 16.2. The predicted octanol–water partition coefficient (Wildman–Crippen LogP) is 3.85. The molecule has 0 spiro atoms. The Kier molecular flexibility index (Phi) is 15.2. The summed E-state index contributed by atoms with van der Waals surface area (Å²) in [5.74, 6) is 0.127. The fourth-order valence-corrected chi connectivity index (χ4v) is 1.08. The normalized spacial score (nSPS) is 9.13. The maximum Gasteiger partial charge on any atom is 0.219 e. The number of amides is 1. The SMILES string of the molecule is CCCCCCCC.CCN(C)C(C)=O. The Morgan fingerprint density at radius 1 is 0.933 bits per heavy atom. The van der Waals surface area contributed by atoms with Crippen LogP contribution in [0.25, 0.3) is 0 Å². The first-order chi connectivity index (χ1) is 7.09. The van der Waals surface area contributed by atoms with E-state index in [-0.39, 0.29) is 5.91 Å². The molecule has 0 aromatic rings. The van der Waals surface area contributed by atoms with Crippen molar-refractivity contribution in [2.45, 2.75) is 66.2 Å². The van der Waals surface area contributed by atoms with Crippen molar-refractivity contribution in [1.82, 2.24) is 4.90 Å². The van der Waals surface area contributed by atoms with Crippen LogP contribution in [0.1, 0.15) is 66.2 Å². The average Bonchev–Trinajstić information content (AvgIpc) is 2.24. The highest BCUT2D eigenvalue weighted by Gasteiger charge is 1.93. The van der Waals surface area contributed by atoms with Crippen molar-refractivity contribution in [1.29, 1.82) is 0 Å². The van der Waals surface area contributed by atoms with Crippen molar-refractivity contribution in [2.24, 2.45) is 0 Å². The van der Waals surface area contributed by atoms with Gasteiger partial charge in [-0.25, -0.2) is 0 Å². The summed E-state index contributed by atoms with van der Waals surface area (Å²) in [6.45, 7) is 8.82. The van der Waals surface area contributed by atoms with Crippen molar-refractivity contribution in [3.05, 3.63) is 0 Å². The molecule has 0 aliphatic heterocycles. The van der Waals surface area contributed by atoms with Gasteiger partial charge < -0.3 is 4.90 Å². The Hall–Kier alpha value is -0.530. The fraction of sp³-hybridized carbons (Fsp3) is 0.923. The first-order valence-corrected chi connectivity index (χ1v) is 6.31. The maximum atomic E-state index is 10.3. The Labute approximate surface area is 96.0 Å². The Morgan fingerprint density at radius 2 is 1.33 bits per heavy atom. The summed E-state index contributed by atoms with van der Waals surface area (Å²) < 4.78 is 0. The molecule has 0 bridgehead atoms. The van der Waals surface area contributed by atoms with E-state index >= 15 is 0 Å². The zero-order chi connectivity index (χ0) is 12.1. The molecule has 0 heterocycles. The quantitative estimate of drug-likeness (QED) is 0.616. The molecule has 0 aliphatic rings. The molecule has 15 heavy (non-hydrogen) atoms. The standard InChI is InChI=1S/C8H18.C5H11NO/c1-3-5-7-8-6-4-2;1-4-6(3)5(2)7/h3-8H2,1-2H3;4H2,1-3H3. The fourth-order valence-electron chi connectivity index (χ4n) is 1.08. The van der Waals surface area contributed by atoms with E-state index in [4.69, 9.17) is 0 Å². The van der Waals surface area contributed by atoms with Crippen molar-refractivity contribution < 1.29 is 4.79 Å². The van der Waals surface area contributed by atoms with Crippen LogP contribution < -0.4 is 0 Å². The van der Waals surface area contributed by atoms with E-state index in [0.29, 0.717) is 0 Å². The number of carbonyl (C=O) groups is 1. The number of hydrogen-bond acceptors (Lipinski definition) is 1. The van der Waals surface area contributed by atoms with Crippen LogP contribution in [0.5, 0.6) is 0 Å². The van der Waals surface area contributed by atoms with Gasteiger partial charge in [0.15, 0.2) is 0 Å². The zero-order valence-corrected chi connectivity index (χ0v) is 11.3. The molecule has 0 radical (unpaired) electrons. The summed E-state index contributed by atoms with van der Waals surface area (Å²) in [7, 11) is 1.78. The van der Waals surface area contributed by atoms with Gasteiger partial charge in [0, 0.05) is 20.5 Å². The molecule has 1 amide bonds. The van der Waals surface area contributed by atoms with Gasteiger partial charge in [-0.3, -0.25) is 4.79 Å². The Bertz CT molecular complexity index is 128. The lowest BCUT2D eigenvalue weighted by atomic mass is 10.1. The second kappa shape index (κ2) is 13.5. The summed E-state index contributed by atoms with van der Waals surface area (Å²) in [6, 6.07) is 0. The van der Waals surface area contributed by atoms with Crippen LogP contribution in [0.3, 0.4) is 0 Å². The lowest BCUT2D eigenvalue weighted by Gasteiger charge is -2.09. The molecule has 0 saturated carbocycles. The number of nitrogens with zero attached hydrogens (tertiary/aromatic N) is 1. The molecule has 0 fully saturated rings. The van der Waals surface area contributed by atoms with Crippen LogP contribution in [0.4, 0.5) is 0 Å². The van der Waals surface area contributed by atoms with E-state index in [2.05, 4.69) is 13.8 Å². The zero-order valence-electron chi connectivity index (χ0n) is 11.3. The van der Waals surface area contributed by atoms with Crippen molar-refractivity contribution in [2.75, 3.05) is 13.6 Å². The molecule has 0 atom stereocenters. The molecule has 0 rings (SSSR count). The smallest absolute Gasteiger partial charge is 0.219 e. The summed E-state index contributed by atoms with van der Waals surface area (Å²) in [6.07, 6.45) is 8.49. The molecule has 2 heteroatoms. The van der Waals surface area contributed by atoms with Gasteiger partial charge in [-0.1, -0.05) is 52.4 Å². The minimum atomic E-state index is 0.127. The number of carbonyl (C=O) groups excluding carboxylic acids is 1. The highest BCUT2D eigenvalue weighted by molar-refractivity contribution is 5.72. The van der Waals surface area contributed by atoms with Gasteiger partial charge in [0.1, 0.15) is 0 Å². The second-order valence-electron chi connectivity index (χ2n) is 3.95. The number of unbranched alkanes of at least 4 members (excludes halogenated alkanes) is 5. The van der Waals surface area contributed by atoms with E-state index in [1.165, 1.54) is 38.5 Å². The molecule has 0 unspecified atom stereocenters. The van der Waals surface area contributed by atoms with E-state index in [1.807, 2.05) is 6.92 Å². The van der Waals surface area contributed by atoms with Gasteiger partial charge in [-0.15, -0.1) is 0 Å². The van der Waals surface area contributed by atoms with Gasteiger partial charge in [-0.2, -0.15) is 0 Å². The second-order valence-corrected chi connectivity index (χ2v) is 3.95. The third-order valence-electron chi connectivity index (χ3n) is 2.47. The summed E-state index contributed by atoms with van der Waals surface area (Å²) >= 11 is 0. The van der Waals surface area contributed by atoms with Crippen LogP contribution in [-0.4, -0.2) is 24.4 Å². The third kappa shape index (κ3) is 16.2. The van der Waals surface area contributed by atoms with Crippen LogP contribution in [0.2, 0.25) is 0 Å². The molecule has 0 saturated heterocycles. The molecule has 92 valence electrons. The van der Waals surface area contributed by atoms with Crippen LogP contribution >= 0.6 is 0 Å². The van der Waals surface area contributed by atoms with Crippen molar-refractivity contribution in [3.8, 4) is 0 Å². The minimum absolute atomic E-state index is 0.127. The number of hydrogen-bond donors (Lipinski definition) is 0. The Morgan fingerprint density at radius 3 is 1.47 bits per heavy atom. The van der Waals surface area contributed by atoms with Gasteiger partial charge in [0.25, 0.3) is 0 Å². The molecule has 0 aliphatic carbocycles. The predicted molar refractivity (Wildman–Crippen MR) is 68.0 cm³/mol. The van der Waals surface area contributed by atoms with E-state index in [0.717, 1.165) is 6.54 Å². The van der Waals surface area contributed by atoms with Gasteiger partial charge >= 0.3 is 0 Å². The molecular weight excluding hydrogens is 186 g/mol. The lowest BCUT2D eigenvalue weighted by molar-refractivity contribution is -0.127. The van der Waals surface area contributed by atoms with Crippen LogP contribution in [-0.2, 0) is 4.79 Å². The van der Waals surface area contributed by atoms with Gasteiger partial charge in [0.2, 0.25) is 5.91 Å². The first kappa shape index (κ1) is 16.9. The highest BCUT2D eigenvalue weighted by Crippen LogP contribution is 2.03.